The van der Waals surface area contributed by atoms with Crippen LogP contribution in [0, 0.1) is 62.1 Å². The number of hydrogen-bond acceptors (Lipinski definition) is 45. The summed E-state index contributed by atoms with van der Waals surface area (Å²) >= 11 is 0. The molecule has 138 heavy (non-hydrogen) atoms. The van der Waals surface area contributed by atoms with Gasteiger partial charge in [0.05, 0.1) is 99.2 Å². The van der Waals surface area contributed by atoms with E-state index < -0.39 is 364 Å². The summed E-state index contributed by atoms with van der Waals surface area (Å²) in [6.45, 7) is 21.2. The second kappa shape index (κ2) is 48.8. The number of ether oxygens (including phenoxy) is 13. The highest BCUT2D eigenvalue weighted by atomic mass is 16.8. The zero-order valence-corrected chi connectivity index (χ0v) is 80.5. The summed E-state index contributed by atoms with van der Waals surface area (Å²) in [6.07, 6.45) is -65.3. The van der Waals surface area contributed by atoms with Gasteiger partial charge >= 0.3 is 23.9 Å². The number of aliphatic carboxylic acids is 1. The smallest absolute Gasteiger partial charge is 0.317 e. The van der Waals surface area contributed by atoms with Gasteiger partial charge in [0.2, 0.25) is 24.7 Å². The van der Waals surface area contributed by atoms with Crippen molar-refractivity contribution in [1.82, 2.24) is 0 Å². The van der Waals surface area contributed by atoms with E-state index >= 15 is 4.79 Å². The van der Waals surface area contributed by atoms with Crippen LogP contribution in [0.25, 0.3) is 0 Å². The lowest BCUT2D eigenvalue weighted by Gasteiger charge is -2.71. The maximum atomic E-state index is 16.2. The Labute approximate surface area is 799 Å². The van der Waals surface area contributed by atoms with E-state index in [0.717, 1.165) is 19.4 Å². The zero-order chi connectivity index (χ0) is 104. The first-order chi connectivity index (χ1) is 64.2. The number of aliphatic hydroxyl groups excluding tert-OH is 26. The van der Waals surface area contributed by atoms with E-state index in [-0.39, 0.29) is 69.6 Å². The third-order valence-electron chi connectivity index (χ3n) is 31.0. The maximum absolute atomic E-state index is 16.2. The van der Waals surface area contributed by atoms with E-state index in [9.17, 15) is 162 Å². The molecule has 0 radical (unpaired) electrons. The molecule has 0 spiro atoms. The van der Waals surface area contributed by atoms with Crippen LogP contribution < -0.4 is 0 Å². The Morgan fingerprint density at radius 2 is 1.17 bits per heavy atom. The maximum Gasteiger partial charge on any atom is 0.317 e. The molecule has 0 aromatic carbocycles. The first-order valence-electron chi connectivity index (χ1n) is 47.5. The Morgan fingerprint density at radius 1 is 0.565 bits per heavy atom. The predicted molar refractivity (Wildman–Crippen MR) is 468 cm³/mol. The Morgan fingerprint density at radius 3 is 1.75 bits per heavy atom. The van der Waals surface area contributed by atoms with Crippen LogP contribution >= 0.6 is 0 Å². The number of carbonyl (C=O) groups excluding carboxylic acids is 4. The third-order valence-corrected chi connectivity index (χ3v) is 31.0. The number of carboxylic acids is 1. The van der Waals surface area contributed by atoms with Gasteiger partial charge in [0.15, 0.2) is 66.7 Å². The lowest BCUT2D eigenvalue weighted by Crippen LogP contribution is -2.68. The summed E-state index contributed by atoms with van der Waals surface area (Å²) in [6, 6.07) is 0. The number of carbonyl (C=O) groups is 5. The molecule has 28 N–H and O–H groups in total. The summed E-state index contributed by atoms with van der Waals surface area (Å²) in [7, 11) is 0. The van der Waals surface area contributed by atoms with Gasteiger partial charge in [0.1, 0.15) is 97.2 Å². The number of allylic oxidation sites excluding steroid dienone is 2. The highest BCUT2D eigenvalue weighted by Crippen LogP contribution is 2.76. The molecule has 0 amide bonds. The van der Waals surface area contributed by atoms with Crippen molar-refractivity contribution < 1.29 is 229 Å². The van der Waals surface area contributed by atoms with Crippen LogP contribution in [0.4, 0.5) is 0 Å². The topological polar surface area (TPSA) is 772 Å². The molecule has 5 aliphatic carbocycles. The van der Waals surface area contributed by atoms with Gasteiger partial charge in [0.25, 0.3) is 0 Å². The van der Waals surface area contributed by atoms with Crippen molar-refractivity contribution in [2.45, 2.75) is 428 Å². The lowest BCUT2D eigenvalue weighted by atomic mass is 9.33. The summed E-state index contributed by atoms with van der Waals surface area (Å²) in [5.74, 6) is -16.0. The molecule has 3 saturated heterocycles. The van der Waals surface area contributed by atoms with Gasteiger partial charge in [-0.05, 0) is 136 Å². The van der Waals surface area contributed by atoms with E-state index in [1.54, 1.807) is 27.7 Å². The molecule has 798 valence electrons. The standard InChI is InChI=1S/C92H154O46/c1-15-39(4)51(128-60(106)30-45(99)29-52(40(5)16-2)130-83-72(117)67(112)53(36-94)131-83)28-44(98)31-61(107)133-74-43(8)127-84(76(73(74)118)135-80(121)71(116)66(111)50(17-3)129-62-35-92(125,57(103)37-126-62)138-81(122)69(114)64(109)42(7)97)137-85(124)91-26-25-86(9,10)33-47(91)46-18-19-55-87(11)23-21-58(88(12,38-95)54(87)20-24-89(55,13)90(46,14)34-56(91)102)132-82(123)77(136-79(120)70(115)65(110)48(100)22-27-93)75(49(101)32-59(104)105)134-78(119)68(113)63(108)41(6)96/h18,38-45,47-58,62-63,66-68,71-84,93-94,96-103,108-123,125H,15-17,19-37H2,1-14H3,(H,104,105)/b69-64+,70-65+/t39-,40-,41?,42?,43?,44-,45-,47?,48?,49?,50?,51-,52-,53?,54?,55?,56+,57?,58-,62?,63?,66?,67?,68?,71?,72?,73?,74?,75?,76?,77?,78?,79?,80?,81?,82?,83?,84?,87-,88-,89+,90+,91+,92?/m0/s1. The molecule has 0 aromatic rings. The quantitative estimate of drug-likeness (QED) is 0.00767. The number of aliphatic hydroxyl groups is 27. The molecule has 3 heterocycles. The van der Waals surface area contributed by atoms with Crippen LogP contribution in [-0.2, 0) is 85.6 Å². The molecule has 46 heteroatoms. The van der Waals surface area contributed by atoms with Crippen LogP contribution in [-0.4, -0.2) is 402 Å². The molecule has 31 unspecified atom stereocenters. The summed E-state index contributed by atoms with van der Waals surface area (Å²) in [4.78, 5) is 70.6. The van der Waals surface area contributed by atoms with Crippen LogP contribution in [0.3, 0.4) is 0 Å². The Balaban J connectivity index is 1.08. The van der Waals surface area contributed by atoms with Crippen LogP contribution in [0.1, 0.15) is 219 Å². The number of hydrogen-bond donors (Lipinski definition) is 28. The van der Waals surface area contributed by atoms with E-state index in [2.05, 4.69) is 6.92 Å². The number of rotatable bonds is 50. The summed E-state index contributed by atoms with van der Waals surface area (Å²) in [5, 5.41) is 308. The second-order valence-corrected chi connectivity index (χ2v) is 40.9. The van der Waals surface area contributed by atoms with Crippen LogP contribution in [0.2, 0.25) is 0 Å². The molecule has 0 bridgehead atoms. The molecule has 8 rings (SSSR count). The number of fused-ring (bicyclic) bond motifs is 7. The minimum atomic E-state index is -2.86. The molecular weight excluding hydrogens is 1840 g/mol. The van der Waals surface area contributed by atoms with Gasteiger partial charge in [-0.2, -0.15) is 0 Å². The SMILES string of the molecule is CCC(OC1CC(O)(OC(O)/C(O)=C(\O)C(C)O)C(O)CO1)C(O)C(O)C(O)OC1C(OC(=O)[C@]23CCC(C)(C)CC2C2=CCC4[C@@]5(C)CC[C@H](OC(O)C(OC(O)/C(O)=C(\O)C(O)CCO)C(OC(O)C(O)C(O)C(C)O)C(O)CC(=O)O)[C@@](C)(C=O)C5CC[C@@]4(C)[C@]2(C)C[C@H]3O)OC(C)C(OC(=O)C[C@@H](O)C[C@H](OC(=O)C[C@@H](O)C[C@H](OC2OC(CO)C(O)C2O)[C@@H](C)CC)[C@@H](C)CC)C1O. The van der Waals surface area contributed by atoms with Crippen LogP contribution in [0.5, 0.6) is 0 Å². The minimum Gasteiger partial charge on any atom is -0.506 e. The number of aldehydes is 1. The van der Waals surface area contributed by atoms with Crippen molar-refractivity contribution >= 4 is 30.2 Å². The molecule has 46 nitrogen and oxygen atoms in total. The van der Waals surface area contributed by atoms with Crippen molar-refractivity contribution in [2.75, 3.05) is 19.8 Å². The highest BCUT2D eigenvalue weighted by molar-refractivity contribution is 5.80. The molecule has 0 aromatic heterocycles. The Bertz CT molecular complexity index is 4020. The van der Waals surface area contributed by atoms with Gasteiger partial charge in [0, 0.05) is 25.9 Å². The second-order valence-electron chi connectivity index (χ2n) is 40.9. The van der Waals surface area contributed by atoms with Gasteiger partial charge in [-0.25, -0.2) is 0 Å². The molecule has 44 atom stereocenters. The van der Waals surface area contributed by atoms with E-state index in [1.165, 1.54) is 13.8 Å². The van der Waals surface area contributed by atoms with E-state index in [4.69, 9.17) is 61.6 Å². The fourth-order valence-electron chi connectivity index (χ4n) is 21.9. The van der Waals surface area contributed by atoms with Gasteiger partial charge in [-0.3, -0.25) is 19.2 Å². The highest BCUT2D eigenvalue weighted by Gasteiger charge is 2.73. The van der Waals surface area contributed by atoms with Crippen molar-refractivity contribution in [3.05, 3.63) is 34.7 Å². The summed E-state index contributed by atoms with van der Waals surface area (Å²) in [5.41, 5.74) is -6.07. The fraction of sp³-hybridized carbons (Fsp3) is 0.880. The Kier molecular flexibility index (Phi) is 41.7. The minimum absolute atomic E-state index is 0.0520. The van der Waals surface area contributed by atoms with Gasteiger partial charge in [-0.1, -0.05) is 101 Å². The predicted octanol–water partition coefficient (Wildman–Crippen LogP) is -2.21. The van der Waals surface area contributed by atoms with Crippen molar-refractivity contribution in [2.24, 2.45) is 62.1 Å². The first-order valence-corrected chi connectivity index (χ1v) is 47.5. The average molecular weight is 2000 g/mol. The molecule has 8 aliphatic rings. The molecular formula is C92H154O46. The van der Waals surface area contributed by atoms with Gasteiger partial charge in [-0.15, -0.1) is 0 Å². The number of esters is 3. The lowest BCUT2D eigenvalue weighted by molar-refractivity contribution is -0.371. The molecule has 4 saturated carbocycles. The monoisotopic (exact) mass is 1990 g/mol. The van der Waals surface area contributed by atoms with E-state index in [1.807, 2.05) is 40.7 Å². The van der Waals surface area contributed by atoms with Crippen molar-refractivity contribution in [3.8, 4) is 0 Å². The third kappa shape index (κ3) is 26.0. The Hall–Kier alpha value is -5.35. The zero-order valence-electron chi connectivity index (χ0n) is 80.5. The van der Waals surface area contributed by atoms with E-state index in [0.29, 0.717) is 32.0 Å². The largest absolute Gasteiger partial charge is 0.506 e. The molecule has 3 aliphatic heterocycles. The summed E-state index contributed by atoms with van der Waals surface area (Å²) < 4.78 is 76.0. The first kappa shape index (κ1) is 118. The van der Waals surface area contributed by atoms with Crippen LogP contribution in [0.15, 0.2) is 34.7 Å². The fourth-order valence-corrected chi connectivity index (χ4v) is 21.9. The van der Waals surface area contributed by atoms with Gasteiger partial charge < -0.3 is 209 Å². The average Bonchev–Trinajstić information content (AvgIpc) is 0.749. The van der Waals surface area contributed by atoms with Crippen molar-refractivity contribution in [3.63, 3.8) is 0 Å². The van der Waals surface area contributed by atoms with Crippen molar-refractivity contribution in [1.29, 1.82) is 0 Å². The number of carboxylic acid groups (broad SMARTS) is 1. The molecule has 7 fully saturated rings. The normalized spacial score (nSPS) is 37.3.